The van der Waals surface area contributed by atoms with Crippen molar-refractivity contribution in [1.29, 1.82) is 0 Å². The summed E-state index contributed by atoms with van der Waals surface area (Å²) in [6, 6.07) is 6.02. The molecule has 1 fully saturated rings. The van der Waals surface area contributed by atoms with Crippen LogP contribution in [0.5, 0.6) is 0 Å². The number of anilines is 1. The first-order valence-electron chi connectivity index (χ1n) is 8.39. The molecule has 0 bridgehead atoms. The van der Waals surface area contributed by atoms with Crippen LogP contribution in [-0.2, 0) is 21.5 Å². The molecule has 1 N–H and O–H groups in total. The second-order valence-corrected chi connectivity index (χ2v) is 8.43. The normalized spacial score (nSPS) is 17.6. The van der Waals surface area contributed by atoms with Gasteiger partial charge in [0, 0.05) is 24.9 Å². The number of rotatable bonds is 4. The zero-order valence-corrected chi connectivity index (χ0v) is 15.8. The van der Waals surface area contributed by atoms with Gasteiger partial charge in [-0.25, -0.2) is 4.39 Å². The van der Waals surface area contributed by atoms with E-state index in [1.54, 1.807) is 17.0 Å². The van der Waals surface area contributed by atoms with Crippen molar-refractivity contribution < 1.29 is 14.0 Å². The first-order valence-corrected chi connectivity index (χ1v) is 9.21. The molecule has 0 spiro atoms. The lowest BCUT2D eigenvalue weighted by Crippen LogP contribution is -2.28. The van der Waals surface area contributed by atoms with Gasteiger partial charge in [0.15, 0.2) is 0 Å². The first-order chi connectivity index (χ1) is 12.2. The van der Waals surface area contributed by atoms with E-state index in [4.69, 9.17) is 0 Å². The van der Waals surface area contributed by atoms with Gasteiger partial charge in [-0.2, -0.15) is 0 Å². The monoisotopic (exact) mass is 376 g/mol. The zero-order chi connectivity index (χ0) is 18.9. The van der Waals surface area contributed by atoms with Crippen molar-refractivity contribution in [2.75, 3.05) is 11.9 Å². The van der Waals surface area contributed by atoms with Gasteiger partial charge in [-0.1, -0.05) is 44.2 Å². The number of aromatic nitrogens is 2. The van der Waals surface area contributed by atoms with Gasteiger partial charge in [0.2, 0.25) is 16.9 Å². The molecule has 1 aromatic heterocycles. The fourth-order valence-electron chi connectivity index (χ4n) is 2.70. The Morgan fingerprint density at radius 3 is 2.62 bits per heavy atom. The van der Waals surface area contributed by atoms with E-state index in [1.807, 2.05) is 20.8 Å². The van der Waals surface area contributed by atoms with Crippen molar-refractivity contribution in [3.63, 3.8) is 0 Å². The zero-order valence-electron chi connectivity index (χ0n) is 15.0. The number of hydrogen-bond acceptors (Lipinski definition) is 5. The Bertz CT molecular complexity index is 813. The van der Waals surface area contributed by atoms with Crippen LogP contribution in [0.2, 0.25) is 0 Å². The van der Waals surface area contributed by atoms with E-state index in [9.17, 15) is 14.0 Å². The van der Waals surface area contributed by atoms with E-state index in [0.29, 0.717) is 18.2 Å². The van der Waals surface area contributed by atoms with Crippen molar-refractivity contribution in [2.45, 2.75) is 39.2 Å². The Morgan fingerprint density at radius 2 is 2.00 bits per heavy atom. The van der Waals surface area contributed by atoms with E-state index in [2.05, 4.69) is 15.5 Å². The third-order valence-electron chi connectivity index (χ3n) is 4.17. The summed E-state index contributed by atoms with van der Waals surface area (Å²) in [6.45, 7) is 6.80. The lowest BCUT2D eigenvalue weighted by Gasteiger charge is -2.16. The summed E-state index contributed by atoms with van der Waals surface area (Å²) in [4.78, 5) is 26.3. The molecule has 138 valence electrons. The van der Waals surface area contributed by atoms with E-state index in [1.165, 1.54) is 23.5 Å². The van der Waals surface area contributed by atoms with Gasteiger partial charge >= 0.3 is 0 Å². The molecule has 1 atom stereocenters. The molecule has 2 amide bonds. The molecule has 1 aliphatic heterocycles. The quantitative estimate of drug-likeness (QED) is 0.890. The summed E-state index contributed by atoms with van der Waals surface area (Å²) in [5, 5.41) is 12.2. The maximum Gasteiger partial charge on any atom is 0.231 e. The summed E-state index contributed by atoms with van der Waals surface area (Å²) < 4.78 is 13.0. The standard InChI is InChI=1S/C18H21FN4O2S/c1-18(2,3)16-21-22-17(26-16)20-15(25)12-8-14(24)23(10-12)9-11-4-6-13(19)7-5-11/h4-7,12H,8-10H2,1-3H3,(H,20,22,25)/t12-/m1/s1. The fourth-order valence-corrected chi connectivity index (χ4v) is 3.50. The summed E-state index contributed by atoms with van der Waals surface area (Å²) in [7, 11) is 0. The van der Waals surface area contributed by atoms with Crippen molar-refractivity contribution in [3.05, 3.63) is 40.7 Å². The highest BCUT2D eigenvalue weighted by atomic mass is 32.1. The molecule has 26 heavy (non-hydrogen) atoms. The molecule has 0 radical (unpaired) electrons. The highest BCUT2D eigenvalue weighted by Crippen LogP contribution is 2.28. The Morgan fingerprint density at radius 1 is 1.31 bits per heavy atom. The number of hydrogen-bond donors (Lipinski definition) is 1. The minimum Gasteiger partial charge on any atom is -0.338 e. The third kappa shape index (κ3) is 4.24. The molecule has 0 aliphatic carbocycles. The van der Waals surface area contributed by atoms with Crippen LogP contribution in [-0.4, -0.2) is 33.5 Å². The number of benzene rings is 1. The summed E-state index contributed by atoms with van der Waals surface area (Å²) in [5.74, 6) is -1.05. The highest BCUT2D eigenvalue weighted by molar-refractivity contribution is 7.15. The predicted octanol–water partition coefficient (Wildman–Crippen LogP) is 2.96. The summed E-state index contributed by atoms with van der Waals surface area (Å²) in [5.41, 5.74) is 0.704. The average molecular weight is 376 g/mol. The third-order valence-corrected chi connectivity index (χ3v) is 5.43. The van der Waals surface area contributed by atoms with Crippen LogP contribution in [0.15, 0.2) is 24.3 Å². The van der Waals surface area contributed by atoms with Gasteiger partial charge in [-0.15, -0.1) is 10.2 Å². The Kier molecular flexibility index (Phi) is 5.04. The molecule has 1 aliphatic rings. The molecule has 0 unspecified atom stereocenters. The SMILES string of the molecule is CC(C)(C)c1nnc(NC(=O)[C@@H]2CC(=O)N(Cc3ccc(F)cc3)C2)s1. The maximum absolute atomic E-state index is 13.0. The van der Waals surface area contributed by atoms with Crippen molar-refractivity contribution in [3.8, 4) is 0 Å². The Labute approximate surface area is 155 Å². The van der Waals surface area contributed by atoms with Crippen LogP contribution in [0.3, 0.4) is 0 Å². The largest absolute Gasteiger partial charge is 0.338 e. The number of amides is 2. The topological polar surface area (TPSA) is 75.2 Å². The number of nitrogens with one attached hydrogen (secondary N) is 1. The van der Waals surface area contributed by atoms with E-state index in [-0.39, 0.29) is 29.5 Å². The van der Waals surface area contributed by atoms with Gasteiger partial charge in [0.1, 0.15) is 10.8 Å². The Hall–Kier alpha value is -2.35. The van der Waals surface area contributed by atoms with Crippen LogP contribution in [0.4, 0.5) is 9.52 Å². The molecular formula is C18H21FN4O2S. The molecule has 6 nitrogen and oxygen atoms in total. The summed E-state index contributed by atoms with van der Waals surface area (Å²) >= 11 is 1.34. The number of carbonyl (C=O) groups excluding carboxylic acids is 2. The van der Waals surface area contributed by atoms with Crippen LogP contribution >= 0.6 is 11.3 Å². The number of likely N-dealkylation sites (tertiary alicyclic amines) is 1. The first kappa shape index (κ1) is 18.4. The second-order valence-electron chi connectivity index (χ2n) is 7.45. The minimum absolute atomic E-state index is 0.0814. The highest BCUT2D eigenvalue weighted by Gasteiger charge is 2.34. The number of carbonyl (C=O) groups is 2. The minimum atomic E-state index is -0.426. The van der Waals surface area contributed by atoms with Crippen LogP contribution in [0.1, 0.15) is 37.8 Å². The number of halogens is 1. The average Bonchev–Trinajstić information content (AvgIpc) is 3.17. The Balaban J connectivity index is 1.60. The van der Waals surface area contributed by atoms with Crippen LogP contribution < -0.4 is 5.32 Å². The van der Waals surface area contributed by atoms with Crippen LogP contribution in [0, 0.1) is 11.7 Å². The molecular weight excluding hydrogens is 355 g/mol. The molecule has 2 heterocycles. The van der Waals surface area contributed by atoms with Gasteiger partial charge in [0.25, 0.3) is 0 Å². The lowest BCUT2D eigenvalue weighted by atomic mass is 9.98. The van der Waals surface area contributed by atoms with Gasteiger partial charge in [-0.3, -0.25) is 9.59 Å². The molecule has 1 aromatic carbocycles. The van der Waals surface area contributed by atoms with Gasteiger partial charge < -0.3 is 10.2 Å². The maximum atomic E-state index is 13.0. The molecule has 0 saturated carbocycles. The van der Waals surface area contributed by atoms with E-state index in [0.717, 1.165) is 10.6 Å². The van der Waals surface area contributed by atoms with Crippen molar-refractivity contribution >= 4 is 28.3 Å². The number of nitrogens with zero attached hydrogens (tertiary/aromatic N) is 3. The predicted molar refractivity (Wildman–Crippen MR) is 97.2 cm³/mol. The molecule has 2 aromatic rings. The smallest absolute Gasteiger partial charge is 0.231 e. The summed E-state index contributed by atoms with van der Waals surface area (Å²) in [6.07, 6.45) is 0.165. The molecule has 3 rings (SSSR count). The van der Waals surface area contributed by atoms with Crippen molar-refractivity contribution in [1.82, 2.24) is 15.1 Å². The van der Waals surface area contributed by atoms with E-state index >= 15 is 0 Å². The van der Waals surface area contributed by atoms with Crippen molar-refractivity contribution in [2.24, 2.45) is 5.92 Å². The van der Waals surface area contributed by atoms with E-state index < -0.39 is 5.92 Å². The van der Waals surface area contributed by atoms with Gasteiger partial charge in [0.05, 0.1) is 5.92 Å². The van der Waals surface area contributed by atoms with Gasteiger partial charge in [-0.05, 0) is 17.7 Å². The van der Waals surface area contributed by atoms with Crippen LogP contribution in [0.25, 0.3) is 0 Å². The molecule has 8 heteroatoms. The lowest BCUT2D eigenvalue weighted by molar-refractivity contribution is -0.128. The fraction of sp³-hybridized carbons (Fsp3) is 0.444. The molecule has 1 saturated heterocycles. The second kappa shape index (κ2) is 7.11.